The van der Waals surface area contributed by atoms with Crippen LogP contribution in [0.2, 0.25) is 0 Å². The van der Waals surface area contributed by atoms with Crippen molar-refractivity contribution in [2.24, 2.45) is 23.3 Å². The van der Waals surface area contributed by atoms with Crippen LogP contribution < -0.4 is 27.4 Å². The van der Waals surface area contributed by atoms with Gasteiger partial charge in [0.2, 0.25) is 17.7 Å². The van der Waals surface area contributed by atoms with Gasteiger partial charge in [0, 0.05) is 18.3 Å². The molecule has 34 heavy (non-hydrogen) atoms. The van der Waals surface area contributed by atoms with Crippen LogP contribution in [-0.2, 0) is 25.6 Å². The maximum Gasteiger partial charge on any atom is 0.326 e. The van der Waals surface area contributed by atoms with Crippen LogP contribution in [0, 0.1) is 11.8 Å². The zero-order valence-electron chi connectivity index (χ0n) is 20.3. The van der Waals surface area contributed by atoms with Gasteiger partial charge in [-0.3, -0.25) is 14.4 Å². The standard InChI is InChI=1S/C22H39N7O5/c1-12(2)17(24)21(32)27-15(7-5-6-8-23)19(30)28-16(9-14-10-25-11-26-14)20(31)29-18(13(3)4)22(33)34/h10-13,15-18H,5-9,23-24H2,1-4H3,(H,25,26)(H,27,32)(H,28,30)(H,29,31)(H,33,34). The number of nitrogens with two attached hydrogens (primary N) is 2. The fourth-order valence-corrected chi connectivity index (χ4v) is 3.20. The first-order valence-electron chi connectivity index (χ1n) is 11.5. The highest BCUT2D eigenvalue weighted by Crippen LogP contribution is 2.08. The van der Waals surface area contributed by atoms with E-state index in [9.17, 15) is 24.3 Å². The molecule has 1 rings (SSSR count). The number of carboxylic acids is 1. The first-order valence-corrected chi connectivity index (χ1v) is 11.5. The van der Waals surface area contributed by atoms with Gasteiger partial charge in [-0.25, -0.2) is 9.78 Å². The van der Waals surface area contributed by atoms with Crippen molar-refractivity contribution in [3.63, 3.8) is 0 Å². The maximum absolute atomic E-state index is 13.1. The molecule has 12 heteroatoms. The van der Waals surface area contributed by atoms with Crippen LogP contribution >= 0.6 is 0 Å². The van der Waals surface area contributed by atoms with Crippen molar-refractivity contribution in [1.29, 1.82) is 0 Å². The summed E-state index contributed by atoms with van der Waals surface area (Å²) in [5.74, 6) is -3.37. The molecule has 0 aliphatic carbocycles. The van der Waals surface area contributed by atoms with E-state index in [4.69, 9.17) is 11.5 Å². The number of hydrogen-bond donors (Lipinski definition) is 7. The number of carbonyl (C=O) groups excluding carboxylic acids is 3. The van der Waals surface area contributed by atoms with Crippen LogP contribution in [0.25, 0.3) is 0 Å². The van der Waals surface area contributed by atoms with Gasteiger partial charge in [0.05, 0.1) is 12.4 Å². The third-order valence-electron chi connectivity index (χ3n) is 5.44. The van der Waals surface area contributed by atoms with Gasteiger partial charge in [0.25, 0.3) is 0 Å². The number of amides is 3. The Bertz CT molecular complexity index is 798. The van der Waals surface area contributed by atoms with Gasteiger partial charge in [-0.1, -0.05) is 27.7 Å². The van der Waals surface area contributed by atoms with Crippen molar-refractivity contribution in [3.05, 3.63) is 18.2 Å². The molecule has 0 bridgehead atoms. The van der Waals surface area contributed by atoms with Crippen LogP contribution in [0.3, 0.4) is 0 Å². The van der Waals surface area contributed by atoms with Crippen molar-refractivity contribution < 1.29 is 24.3 Å². The summed E-state index contributed by atoms with van der Waals surface area (Å²) in [6.45, 7) is 7.37. The maximum atomic E-state index is 13.1. The average molecular weight is 482 g/mol. The highest BCUT2D eigenvalue weighted by atomic mass is 16.4. The largest absolute Gasteiger partial charge is 0.480 e. The molecule has 0 aliphatic heterocycles. The average Bonchev–Trinajstić information content (AvgIpc) is 3.28. The van der Waals surface area contributed by atoms with E-state index in [0.29, 0.717) is 31.5 Å². The molecule has 4 atom stereocenters. The van der Waals surface area contributed by atoms with Crippen molar-refractivity contribution >= 4 is 23.7 Å². The first kappa shape index (κ1) is 29.0. The van der Waals surface area contributed by atoms with Crippen LogP contribution in [0.15, 0.2) is 12.5 Å². The minimum absolute atomic E-state index is 0.0526. The first-order chi connectivity index (χ1) is 16.0. The lowest BCUT2D eigenvalue weighted by Gasteiger charge is -2.26. The second-order valence-electron chi connectivity index (χ2n) is 9.03. The predicted molar refractivity (Wildman–Crippen MR) is 126 cm³/mol. The molecule has 192 valence electrons. The molecule has 1 heterocycles. The van der Waals surface area contributed by atoms with E-state index in [1.165, 1.54) is 12.5 Å². The van der Waals surface area contributed by atoms with E-state index >= 15 is 0 Å². The molecule has 3 amide bonds. The fourth-order valence-electron chi connectivity index (χ4n) is 3.20. The van der Waals surface area contributed by atoms with Crippen LogP contribution in [0.5, 0.6) is 0 Å². The van der Waals surface area contributed by atoms with Gasteiger partial charge >= 0.3 is 5.97 Å². The van der Waals surface area contributed by atoms with E-state index in [1.807, 2.05) is 0 Å². The third-order valence-corrected chi connectivity index (χ3v) is 5.44. The number of nitrogens with one attached hydrogen (secondary N) is 4. The molecule has 12 nitrogen and oxygen atoms in total. The number of rotatable bonds is 15. The number of imidazole rings is 1. The highest BCUT2D eigenvalue weighted by molar-refractivity contribution is 5.94. The zero-order chi connectivity index (χ0) is 25.8. The lowest BCUT2D eigenvalue weighted by molar-refractivity contribution is -0.143. The topological polar surface area (TPSA) is 205 Å². The van der Waals surface area contributed by atoms with E-state index in [0.717, 1.165) is 0 Å². The molecule has 0 saturated carbocycles. The number of H-pyrrole nitrogens is 1. The molecular weight excluding hydrogens is 442 g/mol. The molecule has 1 aromatic heterocycles. The van der Waals surface area contributed by atoms with E-state index in [2.05, 4.69) is 25.9 Å². The Kier molecular flexibility index (Phi) is 12.2. The van der Waals surface area contributed by atoms with E-state index in [1.54, 1.807) is 27.7 Å². The second-order valence-corrected chi connectivity index (χ2v) is 9.03. The second kappa shape index (κ2) is 14.3. The van der Waals surface area contributed by atoms with Crippen LogP contribution in [0.1, 0.15) is 52.7 Å². The Hall–Kier alpha value is -2.99. The summed E-state index contributed by atoms with van der Waals surface area (Å²) >= 11 is 0. The number of aliphatic carboxylic acids is 1. The van der Waals surface area contributed by atoms with Crippen molar-refractivity contribution in [2.75, 3.05) is 6.54 Å². The Morgan fingerprint density at radius 3 is 2.09 bits per heavy atom. The summed E-state index contributed by atoms with van der Waals surface area (Å²) in [4.78, 5) is 57.0. The molecule has 9 N–H and O–H groups in total. The minimum atomic E-state index is -1.18. The minimum Gasteiger partial charge on any atom is -0.480 e. The molecule has 0 spiro atoms. The quantitative estimate of drug-likeness (QED) is 0.158. The summed E-state index contributed by atoms with van der Waals surface area (Å²) in [6, 6.07) is -3.95. The molecule has 0 saturated heterocycles. The van der Waals surface area contributed by atoms with Gasteiger partial charge in [-0.2, -0.15) is 0 Å². The van der Waals surface area contributed by atoms with Crippen molar-refractivity contribution in [2.45, 2.75) is 77.5 Å². The number of aromatic amines is 1. The molecule has 0 aromatic carbocycles. The SMILES string of the molecule is CC(C)C(N)C(=O)NC(CCCCN)C(=O)NC(Cc1cnc[nH]1)C(=O)NC(C(=O)O)C(C)C. The summed E-state index contributed by atoms with van der Waals surface area (Å²) < 4.78 is 0. The van der Waals surface area contributed by atoms with Crippen molar-refractivity contribution in [3.8, 4) is 0 Å². The van der Waals surface area contributed by atoms with Crippen LogP contribution in [0.4, 0.5) is 0 Å². The Morgan fingerprint density at radius 2 is 1.59 bits per heavy atom. The zero-order valence-corrected chi connectivity index (χ0v) is 20.3. The van der Waals surface area contributed by atoms with Crippen molar-refractivity contribution in [1.82, 2.24) is 25.9 Å². The number of unbranched alkanes of at least 4 members (excludes halogenated alkanes) is 1. The number of carboxylic acid groups (broad SMARTS) is 1. The Morgan fingerprint density at radius 1 is 0.971 bits per heavy atom. The number of nitrogens with zero attached hydrogens (tertiary/aromatic N) is 1. The third kappa shape index (κ3) is 9.48. The van der Waals surface area contributed by atoms with Crippen LogP contribution in [-0.4, -0.2) is 69.5 Å². The lowest BCUT2D eigenvalue weighted by atomic mass is 10.0. The summed E-state index contributed by atoms with van der Waals surface area (Å²) in [7, 11) is 0. The molecule has 4 unspecified atom stereocenters. The molecular formula is C22H39N7O5. The molecule has 1 aromatic rings. The summed E-state index contributed by atoms with van der Waals surface area (Å²) in [5, 5.41) is 17.3. The summed E-state index contributed by atoms with van der Waals surface area (Å²) in [6.07, 6.45) is 4.54. The highest BCUT2D eigenvalue weighted by Gasteiger charge is 2.31. The Balaban J connectivity index is 3.06. The lowest BCUT2D eigenvalue weighted by Crippen LogP contribution is -2.58. The van der Waals surface area contributed by atoms with Gasteiger partial charge in [-0.05, 0) is 37.6 Å². The van der Waals surface area contributed by atoms with Gasteiger partial charge < -0.3 is 37.5 Å². The number of hydrogen-bond acceptors (Lipinski definition) is 7. The van der Waals surface area contributed by atoms with E-state index in [-0.39, 0.29) is 18.3 Å². The monoisotopic (exact) mass is 481 g/mol. The smallest absolute Gasteiger partial charge is 0.326 e. The fraction of sp³-hybridized carbons (Fsp3) is 0.682. The molecule has 0 radical (unpaired) electrons. The van der Waals surface area contributed by atoms with E-state index < -0.39 is 47.9 Å². The predicted octanol–water partition coefficient (Wildman–Crippen LogP) is -0.740. The molecule has 0 fully saturated rings. The van der Waals surface area contributed by atoms with Gasteiger partial charge in [-0.15, -0.1) is 0 Å². The summed E-state index contributed by atoms with van der Waals surface area (Å²) in [5.41, 5.74) is 12.0. The number of carbonyl (C=O) groups is 4. The molecule has 0 aliphatic rings. The van der Waals surface area contributed by atoms with Gasteiger partial charge in [0.1, 0.15) is 18.1 Å². The number of aromatic nitrogens is 2. The van der Waals surface area contributed by atoms with Gasteiger partial charge in [0.15, 0.2) is 0 Å². The normalized spacial score (nSPS) is 14.8. The Labute approximate surface area is 200 Å².